The van der Waals surface area contributed by atoms with Crippen LogP contribution in [0.1, 0.15) is 24.3 Å². The minimum absolute atomic E-state index is 0.0969. The van der Waals surface area contributed by atoms with Crippen LogP contribution in [0.4, 0.5) is 4.39 Å². The molecule has 0 N–H and O–H groups in total. The van der Waals surface area contributed by atoms with Crippen molar-refractivity contribution in [3.8, 4) is 10.6 Å². The Labute approximate surface area is 139 Å². The Kier molecular flexibility index (Phi) is 6.24. The monoisotopic (exact) mass is 336 g/mol. The van der Waals surface area contributed by atoms with Crippen LogP contribution < -0.4 is 0 Å². The van der Waals surface area contributed by atoms with Crippen molar-refractivity contribution in [1.29, 1.82) is 0 Å². The summed E-state index contributed by atoms with van der Waals surface area (Å²) in [5, 5.41) is 2.46. The van der Waals surface area contributed by atoms with Gasteiger partial charge in [0.25, 0.3) is 5.91 Å². The molecular weight excluding hydrogens is 315 g/mol. The second kappa shape index (κ2) is 8.17. The second-order valence-corrected chi connectivity index (χ2v) is 6.54. The summed E-state index contributed by atoms with van der Waals surface area (Å²) in [4.78, 5) is 18.8. The van der Waals surface area contributed by atoms with Crippen LogP contribution in [0, 0.1) is 11.7 Å². The first kappa shape index (κ1) is 17.6. The summed E-state index contributed by atoms with van der Waals surface area (Å²) < 4.78 is 18.1. The molecule has 4 nitrogen and oxygen atoms in total. The van der Waals surface area contributed by atoms with Crippen molar-refractivity contribution in [3.63, 3.8) is 0 Å². The van der Waals surface area contributed by atoms with Crippen LogP contribution in [-0.4, -0.2) is 42.6 Å². The van der Waals surface area contributed by atoms with Crippen molar-refractivity contribution in [2.45, 2.75) is 13.8 Å². The fourth-order valence-corrected chi connectivity index (χ4v) is 2.98. The summed E-state index contributed by atoms with van der Waals surface area (Å²) in [5.41, 5.74) is 1.23. The molecule has 0 saturated heterocycles. The third kappa shape index (κ3) is 4.84. The minimum Gasteiger partial charge on any atom is -0.383 e. The standard InChI is InChI=1S/C17H21FN2O2S/c1-12(2)10-20(8-9-22-3)17(21)15-11-23-16(19-15)13-4-6-14(18)7-5-13/h4-7,11-12H,8-10H2,1-3H3. The van der Waals surface area contributed by atoms with E-state index in [-0.39, 0.29) is 11.7 Å². The fraction of sp³-hybridized carbons (Fsp3) is 0.412. The molecule has 0 saturated carbocycles. The molecular formula is C17H21FN2O2S. The molecule has 1 heterocycles. The molecule has 1 amide bonds. The van der Waals surface area contributed by atoms with Gasteiger partial charge in [-0.05, 0) is 30.2 Å². The van der Waals surface area contributed by atoms with E-state index >= 15 is 0 Å². The van der Waals surface area contributed by atoms with Gasteiger partial charge in [-0.25, -0.2) is 9.37 Å². The molecule has 1 aromatic heterocycles. The molecule has 2 aromatic rings. The largest absolute Gasteiger partial charge is 0.383 e. The summed E-state index contributed by atoms with van der Waals surface area (Å²) >= 11 is 1.38. The van der Waals surface area contributed by atoms with Crippen molar-refractivity contribution in [1.82, 2.24) is 9.88 Å². The number of carbonyl (C=O) groups excluding carboxylic acids is 1. The Balaban J connectivity index is 2.16. The van der Waals surface area contributed by atoms with E-state index in [1.54, 1.807) is 29.5 Å². The van der Waals surface area contributed by atoms with Gasteiger partial charge in [-0.3, -0.25) is 4.79 Å². The van der Waals surface area contributed by atoms with Crippen molar-refractivity contribution in [2.24, 2.45) is 5.92 Å². The molecule has 0 fully saturated rings. The first-order chi connectivity index (χ1) is 11.0. The maximum atomic E-state index is 13.0. The minimum atomic E-state index is -0.288. The Bertz CT molecular complexity index is 640. The van der Waals surface area contributed by atoms with E-state index < -0.39 is 0 Å². The predicted molar refractivity (Wildman–Crippen MR) is 90.1 cm³/mol. The molecule has 0 spiro atoms. The van der Waals surface area contributed by atoms with Crippen LogP contribution in [0.2, 0.25) is 0 Å². The Morgan fingerprint density at radius 2 is 2.04 bits per heavy atom. The quantitative estimate of drug-likeness (QED) is 0.774. The third-order valence-corrected chi connectivity index (χ3v) is 4.14. The van der Waals surface area contributed by atoms with Gasteiger partial charge in [0.15, 0.2) is 0 Å². The fourth-order valence-electron chi connectivity index (χ4n) is 2.18. The number of rotatable bonds is 7. The van der Waals surface area contributed by atoms with Gasteiger partial charge in [-0.2, -0.15) is 0 Å². The molecule has 0 atom stereocenters. The number of thiazole rings is 1. The van der Waals surface area contributed by atoms with E-state index in [2.05, 4.69) is 18.8 Å². The van der Waals surface area contributed by atoms with E-state index in [1.165, 1.54) is 23.5 Å². The van der Waals surface area contributed by atoms with Gasteiger partial charge in [0.2, 0.25) is 0 Å². The summed E-state index contributed by atoms with van der Waals surface area (Å²) in [7, 11) is 1.62. The number of nitrogens with zero attached hydrogens (tertiary/aromatic N) is 2. The summed E-state index contributed by atoms with van der Waals surface area (Å²) in [6.45, 7) is 5.83. The summed E-state index contributed by atoms with van der Waals surface area (Å²) in [6, 6.07) is 6.11. The van der Waals surface area contributed by atoms with Gasteiger partial charge in [0.05, 0.1) is 6.61 Å². The zero-order chi connectivity index (χ0) is 16.8. The molecule has 0 bridgehead atoms. The first-order valence-corrected chi connectivity index (χ1v) is 8.39. The lowest BCUT2D eigenvalue weighted by molar-refractivity contribution is 0.0667. The van der Waals surface area contributed by atoms with E-state index in [0.717, 1.165) is 5.56 Å². The first-order valence-electron chi connectivity index (χ1n) is 7.51. The smallest absolute Gasteiger partial charge is 0.273 e. The second-order valence-electron chi connectivity index (χ2n) is 5.68. The molecule has 0 unspecified atom stereocenters. The Hall–Kier alpha value is -1.79. The summed E-state index contributed by atoms with van der Waals surface area (Å²) in [5.74, 6) is -0.0179. The number of amides is 1. The van der Waals surface area contributed by atoms with Gasteiger partial charge in [-0.15, -0.1) is 11.3 Å². The highest BCUT2D eigenvalue weighted by molar-refractivity contribution is 7.13. The molecule has 2 rings (SSSR count). The van der Waals surface area contributed by atoms with Crippen LogP contribution >= 0.6 is 11.3 Å². The van der Waals surface area contributed by atoms with Crippen molar-refractivity contribution < 1.29 is 13.9 Å². The topological polar surface area (TPSA) is 42.4 Å². The Morgan fingerprint density at radius 1 is 1.35 bits per heavy atom. The van der Waals surface area contributed by atoms with Crippen molar-refractivity contribution in [3.05, 3.63) is 41.2 Å². The van der Waals surface area contributed by atoms with Crippen LogP contribution in [-0.2, 0) is 4.74 Å². The highest BCUT2D eigenvalue weighted by Crippen LogP contribution is 2.24. The van der Waals surface area contributed by atoms with Gasteiger partial charge in [-0.1, -0.05) is 13.8 Å². The van der Waals surface area contributed by atoms with Gasteiger partial charge in [0.1, 0.15) is 16.5 Å². The number of halogens is 1. The van der Waals surface area contributed by atoms with Gasteiger partial charge in [0, 0.05) is 31.1 Å². The molecule has 0 aliphatic heterocycles. The lowest BCUT2D eigenvalue weighted by Gasteiger charge is -2.23. The van der Waals surface area contributed by atoms with Gasteiger partial charge >= 0.3 is 0 Å². The van der Waals surface area contributed by atoms with E-state index in [1.807, 2.05) is 0 Å². The lowest BCUT2D eigenvalue weighted by Crippen LogP contribution is -2.36. The zero-order valence-electron chi connectivity index (χ0n) is 13.6. The maximum absolute atomic E-state index is 13.0. The van der Waals surface area contributed by atoms with Gasteiger partial charge < -0.3 is 9.64 Å². The number of carbonyl (C=O) groups is 1. The van der Waals surface area contributed by atoms with Crippen LogP contribution in [0.15, 0.2) is 29.6 Å². The number of benzene rings is 1. The molecule has 0 radical (unpaired) electrons. The van der Waals surface area contributed by atoms with Crippen LogP contribution in [0.3, 0.4) is 0 Å². The van der Waals surface area contributed by atoms with E-state index in [0.29, 0.717) is 36.3 Å². The maximum Gasteiger partial charge on any atom is 0.273 e. The third-order valence-electron chi connectivity index (χ3n) is 3.25. The zero-order valence-corrected chi connectivity index (χ0v) is 14.4. The number of methoxy groups -OCH3 is 1. The van der Waals surface area contributed by atoms with Crippen LogP contribution in [0.5, 0.6) is 0 Å². The Morgan fingerprint density at radius 3 is 2.65 bits per heavy atom. The van der Waals surface area contributed by atoms with Crippen molar-refractivity contribution in [2.75, 3.05) is 26.8 Å². The number of hydrogen-bond donors (Lipinski definition) is 0. The number of aromatic nitrogens is 1. The predicted octanol–water partition coefficient (Wildman–Crippen LogP) is 3.69. The van der Waals surface area contributed by atoms with Crippen LogP contribution in [0.25, 0.3) is 10.6 Å². The molecule has 0 aliphatic rings. The van der Waals surface area contributed by atoms with E-state index in [9.17, 15) is 9.18 Å². The number of ether oxygens (including phenoxy) is 1. The molecule has 124 valence electrons. The van der Waals surface area contributed by atoms with E-state index in [4.69, 9.17) is 4.74 Å². The molecule has 0 aliphatic carbocycles. The molecule has 6 heteroatoms. The average Bonchev–Trinajstić information content (AvgIpc) is 3.01. The lowest BCUT2D eigenvalue weighted by atomic mass is 10.2. The van der Waals surface area contributed by atoms with Crippen molar-refractivity contribution >= 4 is 17.2 Å². The SMILES string of the molecule is COCCN(CC(C)C)C(=O)c1csc(-c2ccc(F)cc2)n1. The molecule has 23 heavy (non-hydrogen) atoms. The molecule has 1 aromatic carbocycles. The highest BCUT2D eigenvalue weighted by Gasteiger charge is 2.20. The average molecular weight is 336 g/mol. The normalized spacial score (nSPS) is 11.0. The highest BCUT2D eigenvalue weighted by atomic mass is 32.1. The number of hydrogen-bond acceptors (Lipinski definition) is 4. The summed E-state index contributed by atoms with van der Waals surface area (Å²) in [6.07, 6.45) is 0.